The van der Waals surface area contributed by atoms with Crippen LogP contribution in [0, 0.1) is 0 Å². The van der Waals surface area contributed by atoms with Gasteiger partial charge in [0.25, 0.3) is 0 Å². The molecule has 0 aromatic heterocycles. The lowest BCUT2D eigenvalue weighted by atomic mass is 9.96. The number of nitrogens with zero attached hydrogens (tertiary/aromatic N) is 1. The van der Waals surface area contributed by atoms with Gasteiger partial charge >= 0.3 is 0 Å². The van der Waals surface area contributed by atoms with Crippen molar-refractivity contribution in [2.75, 3.05) is 13.1 Å². The maximum Gasteiger partial charge on any atom is 0.166 e. The Bertz CT molecular complexity index is 266. The highest BCUT2D eigenvalue weighted by atomic mass is 16.1. The number of Topliss-reactive ketones (excluding diaryl/α,β-unsaturated/α-hetero) is 1. The summed E-state index contributed by atoms with van der Waals surface area (Å²) in [4.78, 5) is 15.5. The van der Waals surface area contributed by atoms with E-state index in [1.807, 2.05) is 0 Å². The molecule has 2 aliphatic rings. The van der Waals surface area contributed by atoms with Crippen LogP contribution in [0.1, 0.15) is 19.3 Å². The minimum Gasteiger partial charge on any atom is -0.386 e. The molecule has 0 spiro atoms. The zero-order valence-corrected chi connectivity index (χ0v) is 6.97. The van der Waals surface area contributed by atoms with E-state index >= 15 is 0 Å². The molecule has 2 rings (SSSR count). The maximum absolute atomic E-state index is 11.4. The molecular formula is C9H12N2O. The first-order valence-corrected chi connectivity index (χ1v) is 4.38. The Morgan fingerprint density at radius 3 is 3.25 bits per heavy atom. The summed E-state index contributed by atoms with van der Waals surface area (Å²) in [5.41, 5.74) is 1.92. The van der Waals surface area contributed by atoms with E-state index < -0.39 is 0 Å². The topological polar surface area (TPSA) is 41.5 Å². The van der Waals surface area contributed by atoms with Crippen molar-refractivity contribution >= 4 is 12.0 Å². The predicted octanol–water partition coefficient (Wildman–Crippen LogP) is 0.667. The monoisotopic (exact) mass is 164 g/mol. The molecular weight excluding hydrogens is 152 g/mol. The quantitative estimate of drug-likeness (QED) is 0.571. The highest BCUT2D eigenvalue weighted by molar-refractivity contribution is 6.14. The van der Waals surface area contributed by atoms with Gasteiger partial charge in [0.15, 0.2) is 5.78 Å². The van der Waals surface area contributed by atoms with Crippen molar-refractivity contribution in [3.8, 4) is 0 Å². The Morgan fingerprint density at radius 1 is 1.42 bits per heavy atom. The number of allylic oxidation sites excluding steroid dienone is 2. The smallest absolute Gasteiger partial charge is 0.166 e. The van der Waals surface area contributed by atoms with Crippen molar-refractivity contribution in [2.24, 2.45) is 4.99 Å². The summed E-state index contributed by atoms with van der Waals surface area (Å²) in [7, 11) is 0. The van der Waals surface area contributed by atoms with Crippen molar-refractivity contribution in [1.82, 2.24) is 5.32 Å². The van der Waals surface area contributed by atoms with Crippen LogP contribution in [0.5, 0.6) is 0 Å². The molecule has 3 nitrogen and oxygen atoms in total. The van der Waals surface area contributed by atoms with Crippen molar-refractivity contribution in [2.45, 2.75) is 19.3 Å². The van der Waals surface area contributed by atoms with Crippen LogP contribution >= 0.6 is 0 Å². The first kappa shape index (κ1) is 7.53. The Morgan fingerprint density at radius 2 is 2.33 bits per heavy atom. The molecule has 0 unspecified atom stereocenters. The molecule has 1 N–H and O–H groups in total. The zero-order chi connectivity index (χ0) is 8.39. The summed E-state index contributed by atoms with van der Waals surface area (Å²) in [6, 6.07) is 0. The van der Waals surface area contributed by atoms with Gasteiger partial charge in [0.2, 0.25) is 0 Å². The molecule has 1 aliphatic carbocycles. The van der Waals surface area contributed by atoms with Crippen LogP contribution in [-0.4, -0.2) is 25.1 Å². The molecule has 0 bridgehead atoms. The van der Waals surface area contributed by atoms with E-state index in [0.717, 1.165) is 37.2 Å². The van der Waals surface area contributed by atoms with E-state index in [1.54, 1.807) is 6.21 Å². The largest absolute Gasteiger partial charge is 0.386 e. The standard InChI is InChI=1S/C9H12N2O/c12-9-3-1-2-8-7(9)6-10-4-5-11-8/h6,11H,1-5H2. The Labute approximate surface area is 71.6 Å². The van der Waals surface area contributed by atoms with Crippen LogP contribution in [0.15, 0.2) is 16.3 Å². The van der Waals surface area contributed by atoms with Gasteiger partial charge in [-0.05, 0) is 12.8 Å². The van der Waals surface area contributed by atoms with E-state index in [1.165, 1.54) is 0 Å². The van der Waals surface area contributed by atoms with Crippen LogP contribution in [0.25, 0.3) is 0 Å². The summed E-state index contributed by atoms with van der Waals surface area (Å²) in [5, 5.41) is 3.25. The molecule has 3 heteroatoms. The van der Waals surface area contributed by atoms with Gasteiger partial charge in [-0.25, -0.2) is 0 Å². The molecule has 0 amide bonds. The van der Waals surface area contributed by atoms with Gasteiger partial charge in [-0.3, -0.25) is 9.79 Å². The van der Waals surface area contributed by atoms with Crippen LogP contribution in [0.2, 0.25) is 0 Å². The molecule has 0 atom stereocenters. The van der Waals surface area contributed by atoms with E-state index in [2.05, 4.69) is 10.3 Å². The van der Waals surface area contributed by atoms with Gasteiger partial charge in [0.05, 0.1) is 12.1 Å². The molecule has 0 saturated heterocycles. The molecule has 1 heterocycles. The molecule has 0 aromatic rings. The van der Waals surface area contributed by atoms with Crippen molar-refractivity contribution in [1.29, 1.82) is 0 Å². The van der Waals surface area contributed by atoms with Crippen LogP contribution in [-0.2, 0) is 4.79 Å². The van der Waals surface area contributed by atoms with E-state index in [-0.39, 0.29) is 5.78 Å². The second-order valence-corrected chi connectivity index (χ2v) is 3.13. The highest BCUT2D eigenvalue weighted by Crippen LogP contribution is 2.19. The first-order chi connectivity index (χ1) is 5.88. The fraction of sp³-hybridized carbons (Fsp3) is 0.556. The fourth-order valence-corrected chi connectivity index (χ4v) is 1.62. The Kier molecular flexibility index (Phi) is 1.94. The van der Waals surface area contributed by atoms with Gasteiger partial charge in [0.1, 0.15) is 0 Å². The van der Waals surface area contributed by atoms with Crippen molar-refractivity contribution < 1.29 is 4.79 Å². The molecule has 64 valence electrons. The third-order valence-corrected chi connectivity index (χ3v) is 2.26. The number of hydrogen-bond acceptors (Lipinski definition) is 3. The normalized spacial score (nSPS) is 23.2. The van der Waals surface area contributed by atoms with Gasteiger partial charge in [-0.15, -0.1) is 0 Å². The van der Waals surface area contributed by atoms with E-state index in [4.69, 9.17) is 0 Å². The summed E-state index contributed by atoms with van der Waals surface area (Å²) in [5.74, 6) is 0.245. The fourth-order valence-electron chi connectivity index (χ4n) is 1.62. The SMILES string of the molecule is O=C1CCCC2=C1C=NCCN2. The summed E-state index contributed by atoms with van der Waals surface area (Å²) in [6.45, 7) is 1.64. The molecule has 0 fully saturated rings. The van der Waals surface area contributed by atoms with Gasteiger partial charge in [0, 0.05) is 24.9 Å². The molecule has 0 aromatic carbocycles. The average Bonchev–Trinajstić information content (AvgIpc) is 2.30. The number of aliphatic imine (C=N–C) groups is 1. The lowest BCUT2D eigenvalue weighted by Gasteiger charge is -2.15. The van der Waals surface area contributed by atoms with Gasteiger partial charge in [-0.2, -0.15) is 0 Å². The Balaban J connectivity index is 2.33. The number of hydrogen-bond donors (Lipinski definition) is 1. The minimum absolute atomic E-state index is 0.245. The summed E-state index contributed by atoms with van der Waals surface area (Å²) in [6.07, 6.45) is 4.41. The van der Waals surface area contributed by atoms with Crippen molar-refractivity contribution in [3.63, 3.8) is 0 Å². The molecule has 0 radical (unpaired) electrons. The number of rotatable bonds is 0. The first-order valence-electron chi connectivity index (χ1n) is 4.38. The second kappa shape index (κ2) is 3.09. The third kappa shape index (κ3) is 1.26. The number of carbonyl (C=O) groups excluding carboxylic acids is 1. The predicted molar refractivity (Wildman–Crippen MR) is 47.2 cm³/mol. The zero-order valence-electron chi connectivity index (χ0n) is 6.97. The lowest BCUT2D eigenvalue weighted by molar-refractivity contribution is -0.115. The Hall–Kier alpha value is -1.12. The van der Waals surface area contributed by atoms with Crippen molar-refractivity contribution in [3.05, 3.63) is 11.3 Å². The van der Waals surface area contributed by atoms with Gasteiger partial charge < -0.3 is 5.32 Å². The highest BCUT2D eigenvalue weighted by Gasteiger charge is 2.19. The van der Waals surface area contributed by atoms with E-state index in [9.17, 15) is 4.79 Å². The summed E-state index contributed by atoms with van der Waals surface area (Å²) < 4.78 is 0. The summed E-state index contributed by atoms with van der Waals surface area (Å²) >= 11 is 0. The molecule has 12 heavy (non-hydrogen) atoms. The van der Waals surface area contributed by atoms with Crippen LogP contribution in [0.3, 0.4) is 0 Å². The van der Waals surface area contributed by atoms with Crippen LogP contribution in [0.4, 0.5) is 0 Å². The van der Waals surface area contributed by atoms with E-state index in [0.29, 0.717) is 6.42 Å². The number of ketones is 1. The average molecular weight is 164 g/mol. The second-order valence-electron chi connectivity index (χ2n) is 3.13. The number of carbonyl (C=O) groups is 1. The number of nitrogens with one attached hydrogen (secondary N) is 1. The molecule has 0 saturated carbocycles. The maximum atomic E-state index is 11.4. The van der Waals surface area contributed by atoms with Gasteiger partial charge in [-0.1, -0.05) is 0 Å². The third-order valence-electron chi connectivity index (χ3n) is 2.26. The minimum atomic E-state index is 0.245. The van der Waals surface area contributed by atoms with Crippen LogP contribution < -0.4 is 5.32 Å². The lowest BCUT2D eigenvalue weighted by Crippen LogP contribution is -2.22. The molecule has 1 aliphatic heterocycles.